The Balaban J connectivity index is 1.27. The predicted octanol–water partition coefficient (Wildman–Crippen LogP) is 3.39. The van der Waals surface area contributed by atoms with Gasteiger partial charge in [0.15, 0.2) is 0 Å². The molecule has 4 saturated heterocycles. The molecule has 0 saturated carbocycles. The summed E-state index contributed by atoms with van der Waals surface area (Å²) in [7, 11) is -42.3. The summed E-state index contributed by atoms with van der Waals surface area (Å²) in [4.78, 5) is 0. The Morgan fingerprint density at radius 3 is 0.988 bits per heavy atom. The van der Waals surface area contributed by atoms with Crippen LogP contribution in [0.15, 0.2) is 261 Å². The molecule has 15 nitrogen and oxygen atoms in total. The minimum Gasteiger partial charge on any atom is -0.411 e. The lowest BCUT2D eigenvalue weighted by Gasteiger charge is -2.56. The smallest absolute Gasteiger partial charge is 0.411 e. The lowest BCUT2D eigenvalue weighted by Crippen LogP contribution is -2.89. The zero-order chi connectivity index (χ0) is 55.2. The number of hydrogen-bond donors (Lipinski definition) is 2. The van der Waals surface area contributed by atoms with Crippen LogP contribution in [0.4, 0.5) is 11.4 Å². The van der Waals surface area contributed by atoms with Crippen LogP contribution >= 0.6 is 0 Å². The summed E-state index contributed by atoms with van der Waals surface area (Å²) < 4.78 is 106. The van der Waals surface area contributed by atoms with E-state index >= 15 is 0 Å². The molecule has 13 rings (SSSR count). The molecule has 405 valence electrons. The minimum absolute atomic E-state index is 0.467. The van der Waals surface area contributed by atoms with Crippen LogP contribution < -0.4 is 58.1 Å². The summed E-state index contributed by atoms with van der Waals surface area (Å²) in [5.41, 5.74) is 14.5. The highest BCUT2D eigenvalue weighted by Crippen LogP contribution is 2.42. The molecule has 4 heterocycles. The van der Waals surface area contributed by atoms with Gasteiger partial charge in [-0.25, -0.2) is 0 Å². The number of nitrogens with two attached hydrogens (primary N) is 2. The highest BCUT2D eigenvalue weighted by molar-refractivity contribution is 7.10. The molecule has 0 aliphatic carbocycles. The van der Waals surface area contributed by atoms with Crippen LogP contribution in [0.25, 0.3) is 0 Å². The first-order valence-electron chi connectivity index (χ1n) is 26.2. The van der Waals surface area contributed by atoms with Crippen molar-refractivity contribution in [2.24, 2.45) is 0 Å². The monoisotopic (exact) mass is 1240 g/mol. The Kier molecular flexibility index (Phi) is 14.6. The molecule has 4 aliphatic heterocycles. The number of fused-ring (bicyclic) bond motifs is 6. The Hall–Kier alpha value is -5.77. The Morgan fingerprint density at radius 2 is 0.568 bits per heavy atom. The number of rotatable bonds is 9. The van der Waals surface area contributed by atoms with Crippen LogP contribution in [0.1, 0.15) is 0 Å². The van der Waals surface area contributed by atoms with Crippen molar-refractivity contribution < 1.29 is 53.5 Å². The molecule has 0 spiro atoms. The molecule has 9 aromatic carbocycles. The normalized spacial score (nSPS) is 30.6. The van der Waals surface area contributed by atoms with Crippen molar-refractivity contribution in [1.29, 1.82) is 0 Å². The highest BCUT2D eigenvalue weighted by Gasteiger charge is 2.78. The van der Waals surface area contributed by atoms with Gasteiger partial charge in [-0.1, -0.05) is 237 Å². The zero-order valence-electron chi connectivity index (χ0n) is 43.8. The van der Waals surface area contributed by atoms with E-state index in [4.69, 9.17) is 65.0 Å². The Bertz CT molecular complexity index is 3660. The van der Waals surface area contributed by atoms with Crippen molar-refractivity contribution in [2.45, 2.75) is 13.1 Å². The third-order valence-corrected chi connectivity index (χ3v) is 51.6. The van der Waals surface area contributed by atoms with E-state index in [1.165, 1.54) is 0 Å². The van der Waals surface area contributed by atoms with Gasteiger partial charge in [0.2, 0.25) is 0 Å². The fourth-order valence-electron chi connectivity index (χ4n) is 10.2. The average molecular weight is 1240 g/mol. The van der Waals surface area contributed by atoms with E-state index < -0.39 is 89.2 Å². The first-order valence-corrected chi connectivity index (χ1v) is 43.3. The molecule has 8 atom stereocenters. The van der Waals surface area contributed by atoms with Crippen molar-refractivity contribution in [3.8, 4) is 0 Å². The van der Waals surface area contributed by atoms with Gasteiger partial charge in [-0.3, -0.25) is 0 Å². The molecule has 4 aliphatic rings. The fraction of sp³-hybridized carbons (Fsp3) is 0.0357. The van der Waals surface area contributed by atoms with Crippen molar-refractivity contribution in [2.75, 3.05) is 11.5 Å². The van der Waals surface area contributed by atoms with Gasteiger partial charge in [-0.2, -0.15) is 0 Å². The summed E-state index contributed by atoms with van der Waals surface area (Å²) in [6, 6.07) is 82.5. The topological polar surface area (TPSA) is 172 Å². The quantitative estimate of drug-likeness (QED) is 0.159. The summed E-state index contributed by atoms with van der Waals surface area (Å²) in [6.45, 7) is 3.89. The second-order valence-electron chi connectivity index (χ2n) is 19.7. The van der Waals surface area contributed by atoms with Gasteiger partial charge in [-0.15, -0.1) is 0 Å². The molecule has 9 aromatic rings. The predicted molar refractivity (Wildman–Crippen MR) is 327 cm³/mol. The van der Waals surface area contributed by atoms with Crippen LogP contribution in [0.5, 0.6) is 0 Å². The molecule has 6 unspecified atom stereocenters. The zero-order valence-corrected chi connectivity index (χ0v) is 53.8. The van der Waals surface area contributed by atoms with E-state index in [1.807, 2.05) is 274 Å². The van der Waals surface area contributed by atoms with Gasteiger partial charge in [0.25, 0.3) is 0 Å². The molecule has 4 fully saturated rings. The van der Waals surface area contributed by atoms with Crippen molar-refractivity contribution >= 4 is 147 Å². The number of anilines is 2. The standard InChI is InChI=1S/C56H53N2O13Si10/c1-74(55-42-24-26-46(57)44-55)59-72-60-76(49-30-12-4-13-31-49)66-77(50-32-14-5-15-33-50)61-73(48-28-10-3-11-29-48)62-78(51-34-16-6-17-35-51)68-79(63-74,52-36-18-7-19-37-52)70-81(67-76,54-40-22-9-23-41-54)71-80(69-78,53-38-20-8-21-39-53)65-75(2,64-77)56-43-25-27-47(58)45-56/h3-45H,57-58H2,1-2H3/t74-,75+,76?,77?,78?,79?,80?,81?/m1/s1. The SMILES string of the molecule is C[Si@]1(c2cccc(N)c2)O[Si]2(c3ccccc3)O[Si](c3ccccc3)O[Si]3(c4ccccc4)O[Si](c4ccccc4)(O[Si]4(c5ccccc5)O[Si](c5ccccc5)(O[Si]O[Si@@](C)(c5cccc(N)c5)O[Si](c5ccccc5)(O3)O4)O2)O1. The number of hydrogen-bond acceptors (Lipinski definition) is 15. The van der Waals surface area contributed by atoms with Gasteiger partial charge >= 0.3 is 89.2 Å². The molecule has 0 amide bonds. The van der Waals surface area contributed by atoms with Crippen molar-refractivity contribution in [1.82, 2.24) is 0 Å². The maximum absolute atomic E-state index is 8.46. The van der Waals surface area contributed by atoms with Gasteiger partial charge < -0.3 is 65.0 Å². The van der Waals surface area contributed by atoms with Crippen molar-refractivity contribution in [3.63, 3.8) is 0 Å². The van der Waals surface area contributed by atoms with Gasteiger partial charge in [0, 0.05) is 42.5 Å². The third-order valence-electron chi connectivity index (χ3n) is 14.1. The molecule has 25 heteroatoms. The van der Waals surface area contributed by atoms with E-state index in [-0.39, 0.29) is 0 Å². The van der Waals surface area contributed by atoms with Crippen LogP contribution in [-0.2, 0) is 53.5 Å². The van der Waals surface area contributed by atoms with E-state index in [1.54, 1.807) is 0 Å². The minimum atomic E-state index is -5.12. The second kappa shape index (κ2) is 21.8. The molecule has 0 aromatic heterocycles. The Labute approximate surface area is 483 Å². The van der Waals surface area contributed by atoms with E-state index in [0.717, 1.165) is 0 Å². The Morgan fingerprint density at radius 1 is 0.284 bits per heavy atom. The molecule has 4 N–H and O–H groups in total. The van der Waals surface area contributed by atoms with Crippen LogP contribution in [0.3, 0.4) is 0 Å². The lowest BCUT2D eigenvalue weighted by molar-refractivity contribution is 0.0635. The van der Waals surface area contributed by atoms with Crippen LogP contribution in [0.2, 0.25) is 13.1 Å². The largest absolute Gasteiger partial charge is 0.515 e. The molecule has 6 bridgehead atoms. The lowest BCUT2D eigenvalue weighted by atomic mass is 10.3. The highest BCUT2D eigenvalue weighted by atomic mass is 28.6. The van der Waals surface area contributed by atoms with Gasteiger partial charge in [-0.05, 0) is 52.9 Å². The maximum Gasteiger partial charge on any atom is 0.515 e. The summed E-state index contributed by atoms with van der Waals surface area (Å²) in [5.74, 6) is 0. The first-order chi connectivity index (χ1) is 39.4. The summed E-state index contributed by atoms with van der Waals surface area (Å²) in [6.07, 6.45) is 0. The second-order valence-corrected chi connectivity index (χ2v) is 46.7. The van der Waals surface area contributed by atoms with E-state index in [2.05, 4.69) is 0 Å². The third kappa shape index (κ3) is 10.3. The van der Waals surface area contributed by atoms with Crippen LogP contribution in [0, 0.1) is 0 Å². The molecular formula is C56H53N2O13Si10. The van der Waals surface area contributed by atoms with E-state index in [9.17, 15) is 0 Å². The molecule has 3 radical (unpaired) electrons. The molecule has 81 heavy (non-hydrogen) atoms. The van der Waals surface area contributed by atoms with Crippen LogP contribution in [-0.4, -0.2) is 89.2 Å². The number of benzene rings is 9. The number of nitrogen functional groups attached to an aromatic ring is 2. The van der Waals surface area contributed by atoms with Gasteiger partial charge in [0.05, 0.1) is 0 Å². The fourth-order valence-corrected chi connectivity index (χ4v) is 56.8. The van der Waals surface area contributed by atoms with E-state index in [0.29, 0.717) is 58.1 Å². The van der Waals surface area contributed by atoms with Crippen molar-refractivity contribution in [3.05, 3.63) is 261 Å². The van der Waals surface area contributed by atoms with Gasteiger partial charge in [0.1, 0.15) is 0 Å². The summed E-state index contributed by atoms with van der Waals surface area (Å²) >= 11 is 0. The average Bonchev–Trinajstić information content (AvgIpc) is 3.09. The molecular weight excluding hydrogens is 1190 g/mol. The maximum atomic E-state index is 8.46. The first kappa shape index (κ1) is 54.5. The summed E-state index contributed by atoms with van der Waals surface area (Å²) in [5, 5.41) is 5.09.